The molecule has 126 valence electrons. The quantitative estimate of drug-likeness (QED) is 0.563. The van der Waals surface area contributed by atoms with E-state index in [9.17, 15) is 9.59 Å². The molecule has 0 aliphatic carbocycles. The Morgan fingerprint density at radius 2 is 1.76 bits per heavy atom. The Balaban J connectivity index is 1.80. The van der Waals surface area contributed by atoms with Gasteiger partial charge in [0.15, 0.2) is 5.82 Å². The van der Waals surface area contributed by atoms with Crippen molar-refractivity contribution in [3.8, 4) is 5.75 Å². The number of rotatable bonds is 4. The number of esters is 1. The predicted octanol–water partition coefficient (Wildman–Crippen LogP) is 2.47. The molecule has 0 saturated carbocycles. The largest absolute Gasteiger partial charge is 0.422 e. The summed E-state index contributed by atoms with van der Waals surface area (Å²) in [7, 11) is 1.67. The predicted molar refractivity (Wildman–Crippen MR) is 93.4 cm³/mol. The second-order valence-electron chi connectivity index (χ2n) is 5.28. The van der Waals surface area contributed by atoms with Crippen LogP contribution in [0.25, 0.3) is 0 Å². The fourth-order valence-electron chi connectivity index (χ4n) is 2.20. The van der Waals surface area contributed by atoms with E-state index >= 15 is 0 Å². The molecule has 0 bridgehead atoms. The van der Waals surface area contributed by atoms with Crippen LogP contribution in [0, 0.1) is 0 Å². The van der Waals surface area contributed by atoms with Gasteiger partial charge in [-0.05, 0) is 24.3 Å². The highest BCUT2D eigenvalue weighted by molar-refractivity contribution is 6.06. The number of aryl methyl sites for hydroxylation is 1. The van der Waals surface area contributed by atoms with Gasteiger partial charge in [0.25, 0.3) is 5.91 Å². The van der Waals surface area contributed by atoms with Crippen LogP contribution in [0.5, 0.6) is 5.75 Å². The number of nitrogens with zero attached hydrogens (tertiary/aromatic N) is 2. The third kappa shape index (κ3) is 3.66. The molecule has 3 N–H and O–H groups in total. The van der Waals surface area contributed by atoms with Gasteiger partial charge in [-0.15, -0.1) is 0 Å². The van der Waals surface area contributed by atoms with Gasteiger partial charge in [0.1, 0.15) is 11.6 Å². The molecule has 0 fully saturated rings. The maximum absolute atomic E-state index is 12.5. The second kappa shape index (κ2) is 6.88. The minimum Gasteiger partial charge on any atom is -0.422 e. The highest BCUT2D eigenvalue weighted by atomic mass is 16.5. The van der Waals surface area contributed by atoms with E-state index in [1.807, 2.05) is 0 Å². The molecule has 0 spiro atoms. The smallest absolute Gasteiger partial charge is 0.343 e. The number of amides is 1. The van der Waals surface area contributed by atoms with Crippen molar-refractivity contribution >= 4 is 23.5 Å². The lowest BCUT2D eigenvalue weighted by Gasteiger charge is -2.09. The summed E-state index contributed by atoms with van der Waals surface area (Å²) in [6, 6.07) is 16.6. The average Bonchev–Trinajstić information content (AvgIpc) is 2.93. The Kier molecular flexibility index (Phi) is 4.47. The minimum absolute atomic E-state index is 0.165. The van der Waals surface area contributed by atoms with Crippen molar-refractivity contribution in [3.05, 3.63) is 71.8 Å². The number of hydrogen-bond acceptors (Lipinski definition) is 5. The standard InChI is InChI=1S/C18H16N4O3/c1-22-15(19)11-16(21-22)20-17(23)13-9-5-6-10-14(13)25-18(24)12-7-3-2-4-8-12/h2-11H,19H2,1H3,(H,20,21,23). The molecular weight excluding hydrogens is 320 g/mol. The van der Waals surface area contributed by atoms with E-state index in [4.69, 9.17) is 10.5 Å². The van der Waals surface area contributed by atoms with E-state index in [1.165, 1.54) is 10.7 Å². The number of benzene rings is 2. The zero-order chi connectivity index (χ0) is 17.8. The number of carbonyl (C=O) groups is 2. The Hall–Kier alpha value is -3.61. The number of para-hydroxylation sites is 1. The van der Waals surface area contributed by atoms with Gasteiger partial charge in [-0.3, -0.25) is 9.48 Å². The van der Waals surface area contributed by atoms with Gasteiger partial charge in [0, 0.05) is 13.1 Å². The molecule has 0 saturated heterocycles. The highest BCUT2D eigenvalue weighted by Gasteiger charge is 2.17. The van der Waals surface area contributed by atoms with Crippen LogP contribution in [0.1, 0.15) is 20.7 Å². The first-order chi connectivity index (χ1) is 12.0. The first kappa shape index (κ1) is 16.3. The fourth-order valence-corrected chi connectivity index (χ4v) is 2.20. The number of hydrogen-bond donors (Lipinski definition) is 2. The average molecular weight is 336 g/mol. The molecule has 1 amide bonds. The zero-order valence-corrected chi connectivity index (χ0v) is 13.5. The molecule has 0 radical (unpaired) electrons. The molecule has 1 heterocycles. The molecule has 1 aromatic heterocycles. The first-order valence-electron chi connectivity index (χ1n) is 7.51. The van der Waals surface area contributed by atoms with Crippen molar-refractivity contribution in [1.29, 1.82) is 0 Å². The van der Waals surface area contributed by atoms with Gasteiger partial charge in [-0.2, -0.15) is 5.10 Å². The van der Waals surface area contributed by atoms with E-state index < -0.39 is 11.9 Å². The maximum atomic E-state index is 12.5. The van der Waals surface area contributed by atoms with Gasteiger partial charge >= 0.3 is 5.97 Å². The summed E-state index contributed by atoms with van der Waals surface area (Å²) >= 11 is 0. The lowest BCUT2D eigenvalue weighted by Crippen LogP contribution is -2.16. The molecule has 0 aliphatic rings. The summed E-state index contributed by atoms with van der Waals surface area (Å²) in [5.74, 6) is -0.0940. The van der Waals surface area contributed by atoms with E-state index in [1.54, 1.807) is 61.6 Å². The van der Waals surface area contributed by atoms with Gasteiger partial charge in [-0.1, -0.05) is 30.3 Å². The third-order valence-corrected chi connectivity index (χ3v) is 3.50. The SMILES string of the molecule is Cn1nc(NC(=O)c2ccccc2OC(=O)c2ccccc2)cc1N. The minimum atomic E-state index is -0.539. The summed E-state index contributed by atoms with van der Waals surface area (Å²) in [6.07, 6.45) is 0. The molecule has 25 heavy (non-hydrogen) atoms. The Labute approximate surface area is 144 Å². The molecule has 0 aliphatic heterocycles. The number of ether oxygens (including phenoxy) is 1. The van der Waals surface area contributed by atoms with Crippen LogP contribution in [-0.4, -0.2) is 21.7 Å². The van der Waals surface area contributed by atoms with Crippen molar-refractivity contribution in [1.82, 2.24) is 9.78 Å². The third-order valence-electron chi connectivity index (χ3n) is 3.50. The highest BCUT2D eigenvalue weighted by Crippen LogP contribution is 2.21. The van der Waals surface area contributed by atoms with Crippen LogP contribution >= 0.6 is 0 Å². The van der Waals surface area contributed by atoms with Crippen LogP contribution in [0.2, 0.25) is 0 Å². The van der Waals surface area contributed by atoms with Gasteiger partial charge in [-0.25, -0.2) is 4.79 Å². The van der Waals surface area contributed by atoms with Crippen LogP contribution in [0.15, 0.2) is 60.7 Å². The van der Waals surface area contributed by atoms with Gasteiger partial charge in [0.2, 0.25) is 0 Å². The van der Waals surface area contributed by atoms with E-state index in [-0.39, 0.29) is 11.3 Å². The Bertz CT molecular complexity index is 900. The number of carbonyl (C=O) groups excluding carboxylic acids is 2. The molecule has 3 aromatic rings. The Morgan fingerprint density at radius 1 is 1.08 bits per heavy atom. The van der Waals surface area contributed by atoms with Crippen molar-refractivity contribution in [2.75, 3.05) is 11.1 Å². The van der Waals surface area contributed by atoms with Crippen LogP contribution in [0.3, 0.4) is 0 Å². The molecular formula is C18H16N4O3. The molecule has 7 heteroatoms. The van der Waals surface area contributed by atoms with Crippen LogP contribution < -0.4 is 15.8 Å². The molecule has 7 nitrogen and oxygen atoms in total. The monoisotopic (exact) mass is 336 g/mol. The molecule has 0 unspecified atom stereocenters. The normalized spacial score (nSPS) is 10.3. The van der Waals surface area contributed by atoms with E-state index in [0.717, 1.165) is 0 Å². The summed E-state index contributed by atoms with van der Waals surface area (Å²) in [5.41, 5.74) is 6.31. The molecule has 2 aromatic carbocycles. The van der Waals surface area contributed by atoms with E-state index in [0.29, 0.717) is 17.2 Å². The maximum Gasteiger partial charge on any atom is 0.343 e. The number of nitrogen functional groups attached to an aromatic ring is 1. The molecule has 0 atom stereocenters. The van der Waals surface area contributed by atoms with Crippen LogP contribution in [-0.2, 0) is 7.05 Å². The number of nitrogens with one attached hydrogen (secondary N) is 1. The Morgan fingerprint density at radius 3 is 2.44 bits per heavy atom. The fraction of sp³-hybridized carbons (Fsp3) is 0.0556. The van der Waals surface area contributed by atoms with Gasteiger partial charge in [0.05, 0.1) is 11.1 Å². The first-order valence-corrected chi connectivity index (χ1v) is 7.51. The van der Waals surface area contributed by atoms with Crippen LogP contribution in [0.4, 0.5) is 11.6 Å². The van der Waals surface area contributed by atoms with Crippen molar-refractivity contribution in [3.63, 3.8) is 0 Å². The van der Waals surface area contributed by atoms with Crippen molar-refractivity contribution in [2.45, 2.75) is 0 Å². The molecule has 3 rings (SSSR count). The second-order valence-corrected chi connectivity index (χ2v) is 5.28. The number of anilines is 2. The number of aromatic nitrogens is 2. The topological polar surface area (TPSA) is 99.2 Å². The van der Waals surface area contributed by atoms with Gasteiger partial charge < -0.3 is 15.8 Å². The summed E-state index contributed by atoms with van der Waals surface area (Å²) < 4.78 is 6.81. The van der Waals surface area contributed by atoms with E-state index in [2.05, 4.69) is 10.4 Å². The lowest BCUT2D eigenvalue weighted by atomic mass is 10.2. The lowest BCUT2D eigenvalue weighted by molar-refractivity contribution is 0.0733. The number of nitrogens with two attached hydrogens (primary N) is 1. The summed E-state index contributed by atoms with van der Waals surface area (Å²) in [6.45, 7) is 0. The summed E-state index contributed by atoms with van der Waals surface area (Å²) in [4.78, 5) is 24.7. The van der Waals surface area contributed by atoms with Crippen molar-refractivity contribution < 1.29 is 14.3 Å². The van der Waals surface area contributed by atoms with Crippen molar-refractivity contribution in [2.24, 2.45) is 7.05 Å². The zero-order valence-electron chi connectivity index (χ0n) is 13.5. The summed E-state index contributed by atoms with van der Waals surface area (Å²) in [5, 5.41) is 6.70.